The third-order valence-corrected chi connectivity index (χ3v) is 9.46. The average molecular weight is 645 g/mol. The van der Waals surface area contributed by atoms with E-state index in [1.807, 2.05) is 0 Å². The van der Waals surface area contributed by atoms with Crippen LogP contribution in [0, 0.1) is 0 Å². The highest BCUT2D eigenvalue weighted by Gasteiger charge is 2.46. The van der Waals surface area contributed by atoms with Gasteiger partial charge in [0.05, 0.1) is 5.41 Å². The van der Waals surface area contributed by atoms with Gasteiger partial charge in [0.15, 0.2) is 0 Å². The number of aryl methyl sites for hydroxylation is 2. The molecule has 0 unspecified atom stereocenters. The van der Waals surface area contributed by atoms with Gasteiger partial charge in [0.2, 0.25) is 0 Å². The van der Waals surface area contributed by atoms with E-state index in [9.17, 15) is 0 Å². The molecule has 5 rings (SSSR count). The second kappa shape index (κ2) is 13.0. The number of halogens is 2. The molecule has 0 saturated carbocycles. The van der Waals surface area contributed by atoms with Crippen molar-refractivity contribution in [3.8, 4) is 11.1 Å². The van der Waals surface area contributed by atoms with Crippen molar-refractivity contribution in [2.75, 3.05) is 0 Å². The van der Waals surface area contributed by atoms with Crippen molar-refractivity contribution in [2.24, 2.45) is 0 Å². The lowest BCUT2D eigenvalue weighted by Crippen LogP contribution is -2.28. The Morgan fingerprint density at radius 3 is 1.28 bits per heavy atom. The molecule has 0 fully saturated rings. The molecule has 39 heavy (non-hydrogen) atoms. The summed E-state index contributed by atoms with van der Waals surface area (Å²) in [7, 11) is 0. The molecule has 0 saturated heterocycles. The first-order valence-corrected chi connectivity index (χ1v) is 16.5. The Balaban J connectivity index is 1.62. The van der Waals surface area contributed by atoms with Crippen LogP contribution in [0.1, 0.15) is 98.6 Å². The van der Waals surface area contributed by atoms with E-state index in [1.54, 1.807) is 0 Å². The molecule has 202 valence electrons. The van der Waals surface area contributed by atoms with E-state index in [1.165, 1.54) is 95.9 Å². The summed E-state index contributed by atoms with van der Waals surface area (Å²) in [5.74, 6) is 0. The molecule has 0 amide bonds. The number of hydrogen-bond acceptors (Lipinski definition) is 0. The first-order valence-electron chi connectivity index (χ1n) is 14.9. The second-order valence-corrected chi connectivity index (χ2v) is 13.0. The third-order valence-electron chi connectivity index (χ3n) is 8.47. The van der Waals surface area contributed by atoms with E-state index in [0.29, 0.717) is 0 Å². The smallest absolute Gasteiger partial charge is 0.0654 e. The number of rotatable bonds is 12. The van der Waals surface area contributed by atoms with Gasteiger partial charge in [-0.25, -0.2) is 0 Å². The maximum Gasteiger partial charge on any atom is 0.0714 e. The van der Waals surface area contributed by atoms with Crippen molar-refractivity contribution >= 4 is 31.9 Å². The Labute approximate surface area is 252 Å². The topological polar surface area (TPSA) is 0 Å². The lowest BCUT2D eigenvalue weighted by Gasteiger charge is -2.34. The minimum Gasteiger partial charge on any atom is -0.0654 e. The van der Waals surface area contributed by atoms with Crippen molar-refractivity contribution in [1.29, 1.82) is 0 Å². The fraction of sp³-hybridized carbons (Fsp3) is 0.351. The molecule has 0 atom stereocenters. The van der Waals surface area contributed by atoms with Gasteiger partial charge in [-0.05, 0) is 94.5 Å². The van der Waals surface area contributed by atoms with Crippen molar-refractivity contribution in [2.45, 2.75) is 83.5 Å². The van der Waals surface area contributed by atoms with E-state index in [0.717, 1.165) is 21.8 Å². The fourth-order valence-corrected chi connectivity index (χ4v) is 7.13. The van der Waals surface area contributed by atoms with Crippen LogP contribution in [0.3, 0.4) is 0 Å². The van der Waals surface area contributed by atoms with Crippen LogP contribution in [0.2, 0.25) is 0 Å². The molecule has 0 aliphatic heterocycles. The van der Waals surface area contributed by atoms with Gasteiger partial charge in [-0.2, -0.15) is 0 Å². The monoisotopic (exact) mass is 642 g/mol. The van der Waals surface area contributed by atoms with Gasteiger partial charge in [0.1, 0.15) is 0 Å². The van der Waals surface area contributed by atoms with Crippen LogP contribution < -0.4 is 0 Å². The molecule has 1 aliphatic carbocycles. The summed E-state index contributed by atoms with van der Waals surface area (Å²) in [6.45, 7) is 4.56. The maximum absolute atomic E-state index is 3.82. The quantitative estimate of drug-likeness (QED) is 0.119. The first kappa shape index (κ1) is 28.4. The number of fused-ring (bicyclic) bond motifs is 3. The Kier molecular flexibility index (Phi) is 9.46. The van der Waals surface area contributed by atoms with E-state index < -0.39 is 0 Å². The molecule has 0 aromatic heterocycles. The van der Waals surface area contributed by atoms with Gasteiger partial charge in [0, 0.05) is 8.95 Å². The third kappa shape index (κ3) is 5.84. The van der Waals surface area contributed by atoms with Gasteiger partial charge in [-0.1, -0.05) is 145 Å². The SMILES string of the molecule is CCCCCCc1ccc(C2(c3ccc(CCCCCC)cc3)c3cc(Br)ccc3-c3ccc(Br)cc32)cc1. The average Bonchev–Trinajstić information content (AvgIpc) is 3.23. The molecule has 0 radical (unpaired) electrons. The number of benzene rings is 4. The molecular formula is C37H40Br2. The van der Waals surface area contributed by atoms with Gasteiger partial charge >= 0.3 is 0 Å². The summed E-state index contributed by atoms with van der Waals surface area (Å²) in [6.07, 6.45) is 12.7. The first-order chi connectivity index (χ1) is 19.1. The molecule has 0 spiro atoms. The van der Waals surface area contributed by atoms with Crippen LogP contribution in [0.5, 0.6) is 0 Å². The molecule has 4 aromatic carbocycles. The van der Waals surface area contributed by atoms with E-state index in [2.05, 4.69) is 131 Å². The van der Waals surface area contributed by atoms with Crippen LogP contribution in [0.15, 0.2) is 93.9 Å². The lowest BCUT2D eigenvalue weighted by molar-refractivity contribution is 0.666. The number of hydrogen-bond donors (Lipinski definition) is 0. The zero-order valence-electron chi connectivity index (χ0n) is 23.4. The highest BCUT2D eigenvalue weighted by molar-refractivity contribution is 9.10. The highest BCUT2D eigenvalue weighted by atomic mass is 79.9. The van der Waals surface area contributed by atoms with Gasteiger partial charge in [-0.15, -0.1) is 0 Å². The molecule has 0 N–H and O–H groups in total. The predicted molar refractivity (Wildman–Crippen MR) is 175 cm³/mol. The van der Waals surface area contributed by atoms with Crippen LogP contribution in [-0.2, 0) is 18.3 Å². The van der Waals surface area contributed by atoms with Gasteiger partial charge in [-0.3, -0.25) is 0 Å². The van der Waals surface area contributed by atoms with Crippen molar-refractivity contribution < 1.29 is 0 Å². The summed E-state index contributed by atoms with van der Waals surface area (Å²) in [6, 6.07) is 32.7. The molecule has 0 heterocycles. The van der Waals surface area contributed by atoms with Crippen LogP contribution in [-0.4, -0.2) is 0 Å². The molecule has 0 nitrogen and oxygen atoms in total. The summed E-state index contributed by atoms with van der Waals surface area (Å²) in [5, 5.41) is 0. The Morgan fingerprint density at radius 2 is 0.897 bits per heavy atom. The minimum absolute atomic E-state index is 0.361. The fourth-order valence-electron chi connectivity index (χ4n) is 6.41. The molecule has 0 bridgehead atoms. The Bertz CT molecular complexity index is 1270. The van der Waals surface area contributed by atoms with Crippen molar-refractivity contribution in [1.82, 2.24) is 0 Å². The maximum atomic E-state index is 3.82. The summed E-state index contributed by atoms with van der Waals surface area (Å²) in [5.41, 5.74) is 10.6. The summed E-state index contributed by atoms with van der Waals surface area (Å²) < 4.78 is 2.25. The summed E-state index contributed by atoms with van der Waals surface area (Å²) >= 11 is 7.63. The van der Waals surface area contributed by atoms with Crippen LogP contribution in [0.25, 0.3) is 11.1 Å². The standard InChI is InChI=1S/C37H40Br2/c1-3-5-7-9-11-27-13-17-29(18-14-27)37(30-19-15-28(16-20-30)12-10-8-6-4-2)35-25-31(38)21-23-33(35)34-24-22-32(39)26-36(34)37/h13-26H,3-12H2,1-2H3. The lowest BCUT2D eigenvalue weighted by atomic mass is 9.67. The highest BCUT2D eigenvalue weighted by Crippen LogP contribution is 2.57. The number of unbranched alkanes of at least 4 members (excludes halogenated alkanes) is 6. The predicted octanol–water partition coefficient (Wildman–Crippen LogP) is 11.8. The second-order valence-electron chi connectivity index (χ2n) is 11.1. The zero-order chi connectivity index (χ0) is 27.2. The van der Waals surface area contributed by atoms with Crippen LogP contribution >= 0.6 is 31.9 Å². The largest absolute Gasteiger partial charge is 0.0714 e. The van der Waals surface area contributed by atoms with Crippen molar-refractivity contribution in [3.63, 3.8) is 0 Å². The molecule has 1 aliphatic rings. The summed E-state index contributed by atoms with van der Waals surface area (Å²) in [4.78, 5) is 0. The van der Waals surface area contributed by atoms with E-state index in [4.69, 9.17) is 0 Å². The van der Waals surface area contributed by atoms with Crippen LogP contribution in [0.4, 0.5) is 0 Å². The zero-order valence-corrected chi connectivity index (χ0v) is 26.6. The molecule has 4 aromatic rings. The van der Waals surface area contributed by atoms with E-state index in [-0.39, 0.29) is 5.41 Å². The Hall–Kier alpha value is -2.16. The normalized spacial score (nSPS) is 13.3. The van der Waals surface area contributed by atoms with Crippen molar-refractivity contribution in [3.05, 3.63) is 127 Å². The Morgan fingerprint density at radius 1 is 0.487 bits per heavy atom. The minimum atomic E-state index is -0.361. The van der Waals surface area contributed by atoms with Gasteiger partial charge in [0.25, 0.3) is 0 Å². The van der Waals surface area contributed by atoms with Gasteiger partial charge < -0.3 is 0 Å². The van der Waals surface area contributed by atoms with E-state index >= 15 is 0 Å². The molecular weight excluding hydrogens is 604 g/mol. The molecule has 2 heteroatoms.